The van der Waals surface area contributed by atoms with Crippen LogP contribution in [0.1, 0.15) is 30.6 Å². The third-order valence-electron chi connectivity index (χ3n) is 2.50. The zero-order chi connectivity index (χ0) is 14.8. The summed E-state index contributed by atoms with van der Waals surface area (Å²) in [4.78, 5) is 11.1. The number of hydrogen-bond donors (Lipinski definition) is 1. The van der Waals surface area contributed by atoms with Gasteiger partial charge in [0.25, 0.3) is 15.0 Å². The van der Waals surface area contributed by atoms with Crippen molar-refractivity contribution in [3.05, 3.63) is 28.0 Å². The van der Waals surface area contributed by atoms with Crippen molar-refractivity contribution in [1.29, 1.82) is 0 Å². The Morgan fingerprint density at radius 1 is 1.53 bits per heavy atom. The number of halogens is 3. The first kappa shape index (κ1) is 16.4. The van der Waals surface area contributed by atoms with Gasteiger partial charge in [0.05, 0.1) is 5.56 Å². The Labute approximate surface area is 123 Å². The molecular formula is C11H12BrClFNO3S. The second kappa shape index (κ2) is 6.19. The molecule has 0 aliphatic carbocycles. The van der Waals surface area contributed by atoms with Gasteiger partial charge in [0.15, 0.2) is 5.82 Å². The molecule has 1 unspecified atom stereocenters. The first-order chi connectivity index (χ1) is 8.66. The molecule has 0 bridgehead atoms. The van der Waals surface area contributed by atoms with Crippen LogP contribution in [0.15, 0.2) is 21.5 Å². The molecule has 0 aliphatic heterocycles. The summed E-state index contributed by atoms with van der Waals surface area (Å²) in [5.74, 6) is -1.84. The molecule has 0 saturated heterocycles. The Morgan fingerprint density at radius 2 is 2.11 bits per heavy atom. The topological polar surface area (TPSA) is 63.2 Å². The lowest BCUT2D eigenvalue weighted by Crippen LogP contribution is -2.32. The number of carbonyl (C=O) groups excluding carboxylic acids is 1. The van der Waals surface area contributed by atoms with Crippen molar-refractivity contribution in [3.63, 3.8) is 0 Å². The summed E-state index contributed by atoms with van der Waals surface area (Å²) in [5.41, 5.74) is -0.367. The average Bonchev–Trinajstić information content (AvgIpc) is 2.29. The molecule has 0 heterocycles. The predicted octanol–water partition coefficient (Wildman–Crippen LogP) is 3.04. The first-order valence-corrected chi connectivity index (χ1v) is 8.51. The lowest BCUT2D eigenvalue weighted by molar-refractivity contribution is 0.0934. The summed E-state index contributed by atoms with van der Waals surface area (Å²) >= 11 is 3.02. The van der Waals surface area contributed by atoms with Gasteiger partial charge in [-0.05, 0) is 25.5 Å². The van der Waals surface area contributed by atoms with Crippen molar-refractivity contribution >= 4 is 41.6 Å². The van der Waals surface area contributed by atoms with Gasteiger partial charge >= 0.3 is 0 Å². The van der Waals surface area contributed by atoms with Crippen LogP contribution < -0.4 is 5.32 Å². The number of hydrogen-bond acceptors (Lipinski definition) is 3. The summed E-state index contributed by atoms with van der Waals surface area (Å²) in [6.07, 6.45) is 0.669. The predicted molar refractivity (Wildman–Crippen MR) is 74.4 cm³/mol. The molecule has 19 heavy (non-hydrogen) atoms. The molecule has 0 spiro atoms. The van der Waals surface area contributed by atoms with Gasteiger partial charge in [-0.1, -0.05) is 22.9 Å². The summed E-state index contributed by atoms with van der Waals surface area (Å²) in [6, 6.07) is 2.07. The summed E-state index contributed by atoms with van der Waals surface area (Å²) < 4.78 is 36.7. The summed E-state index contributed by atoms with van der Waals surface area (Å²) in [5, 5.41) is 2.55. The number of carbonyl (C=O) groups is 1. The van der Waals surface area contributed by atoms with E-state index in [1.54, 1.807) is 6.92 Å². The third-order valence-corrected chi connectivity index (χ3v) is 4.28. The molecule has 0 saturated carbocycles. The Balaban J connectivity index is 3.30. The van der Waals surface area contributed by atoms with Crippen LogP contribution in [-0.2, 0) is 9.05 Å². The fourth-order valence-electron chi connectivity index (χ4n) is 1.31. The van der Waals surface area contributed by atoms with E-state index in [1.807, 2.05) is 6.92 Å². The third kappa shape index (κ3) is 4.15. The number of amides is 1. The van der Waals surface area contributed by atoms with Crippen molar-refractivity contribution in [2.45, 2.75) is 31.2 Å². The standard InChI is InChI=1S/C11H12BrClFNO3S/c1-3-6(2)15-11(16)8-4-7(12)5-9(10(8)14)19(13,17)18/h4-6H,3H2,1-2H3,(H,15,16). The Hall–Kier alpha value is -0.660. The van der Waals surface area contributed by atoms with Crippen LogP contribution in [0.4, 0.5) is 4.39 Å². The van der Waals surface area contributed by atoms with Gasteiger partial charge in [0.1, 0.15) is 4.90 Å². The molecule has 8 heteroatoms. The molecule has 0 radical (unpaired) electrons. The fourth-order valence-corrected chi connectivity index (χ4v) is 2.85. The normalized spacial score (nSPS) is 13.1. The molecule has 106 valence electrons. The Bertz CT molecular complexity index is 606. The highest BCUT2D eigenvalue weighted by molar-refractivity contribution is 9.10. The van der Waals surface area contributed by atoms with E-state index in [4.69, 9.17) is 10.7 Å². The van der Waals surface area contributed by atoms with Crippen LogP contribution >= 0.6 is 26.6 Å². The van der Waals surface area contributed by atoms with Gasteiger partial charge in [-0.25, -0.2) is 12.8 Å². The zero-order valence-corrected chi connectivity index (χ0v) is 13.4. The van der Waals surface area contributed by atoms with Gasteiger partial charge < -0.3 is 5.32 Å². The fraction of sp³-hybridized carbons (Fsp3) is 0.364. The number of benzene rings is 1. The molecule has 1 amide bonds. The van der Waals surface area contributed by atoms with Gasteiger partial charge in [0, 0.05) is 21.2 Å². The van der Waals surface area contributed by atoms with Gasteiger partial charge in [-0.2, -0.15) is 0 Å². The summed E-state index contributed by atoms with van der Waals surface area (Å²) in [7, 11) is 0.866. The Kier molecular flexibility index (Phi) is 5.34. The maximum atomic E-state index is 14.0. The van der Waals surface area contributed by atoms with Crippen molar-refractivity contribution in [1.82, 2.24) is 5.32 Å². The molecule has 1 aromatic rings. The van der Waals surface area contributed by atoms with E-state index in [0.717, 1.165) is 6.07 Å². The molecule has 1 rings (SSSR count). The lowest BCUT2D eigenvalue weighted by Gasteiger charge is -2.13. The van der Waals surface area contributed by atoms with Crippen molar-refractivity contribution in [3.8, 4) is 0 Å². The monoisotopic (exact) mass is 371 g/mol. The molecule has 4 nitrogen and oxygen atoms in total. The second-order valence-corrected chi connectivity index (χ2v) is 7.44. The molecule has 0 aliphatic rings. The number of rotatable bonds is 4. The van der Waals surface area contributed by atoms with Crippen molar-refractivity contribution in [2.75, 3.05) is 0 Å². The van der Waals surface area contributed by atoms with Crippen LogP contribution in [-0.4, -0.2) is 20.4 Å². The molecule has 0 aromatic heterocycles. The van der Waals surface area contributed by atoms with E-state index >= 15 is 0 Å². The second-order valence-electron chi connectivity index (χ2n) is 3.99. The Morgan fingerprint density at radius 3 is 2.58 bits per heavy atom. The largest absolute Gasteiger partial charge is 0.350 e. The minimum Gasteiger partial charge on any atom is -0.350 e. The van der Waals surface area contributed by atoms with E-state index in [2.05, 4.69) is 21.2 Å². The average molecular weight is 373 g/mol. The van der Waals surface area contributed by atoms with E-state index in [9.17, 15) is 17.6 Å². The number of nitrogens with one attached hydrogen (secondary N) is 1. The van der Waals surface area contributed by atoms with Crippen LogP contribution in [0.25, 0.3) is 0 Å². The maximum Gasteiger partial charge on any atom is 0.264 e. The maximum absolute atomic E-state index is 14.0. The highest BCUT2D eigenvalue weighted by atomic mass is 79.9. The summed E-state index contributed by atoms with van der Waals surface area (Å²) in [6.45, 7) is 3.61. The highest BCUT2D eigenvalue weighted by Gasteiger charge is 2.24. The van der Waals surface area contributed by atoms with E-state index in [0.29, 0.717) is 6.42 Å². The van der Waals surface area contributed by atoms with Crippen molar-refractivity contribution in [2.24, 2.45) is 0 Å². The zero-order valence-electron chi connectivity index (χ0n) is 10.2. The van der Waals surface area contributed by atoms with Crippen LogP contribution in [0, 0.1) is 5.82 Å². The lowest BCUT2D eigenvalue weighted by atomic mass is 10.1. The van der Waals surface area contributed by atoms with Crippen molar-refractivity contribution < 1.29 is 17.6 Å². The van der Waals surface area contributed by atoms with Gasteiger partial charge in [-0.15, -0.1) is 0 Å². The quantitative estimate of drug-likeness (QED) is 0.826. The highest BCUT2D eigenvalue weighted by Crippen LogP contribution is 2.26. The minimum atomic E-state index is -4.26. The minimum absolute atomic E-state index is 0.151. The van der Waals surface area contributed by atoms with E-state index in [1.165, 1.54) is 6.07 Å². The smallest absolute Gasteiger partial charge is 0.264 e. The van der Waals surface area contributed by atoms with E-state index < -0.39 is 25.7 Å². The van der Waals surface area contributed by atoms with Gasteiger partial charge in [-0.3, -0.25) is 4.79 Å². The van der Waals surface area contributed by atoms with Gasteiger partial charge in [0.2, 0.25) is 0 Å². The van der Waals surface area contributed by atoms with Crippen LogP contribution in [0.2, 0.25) is 0 Å². The van der Waals surface area contributed by atoms with E-state index in [-0.39, 0.29) is 16.1 Å². The van der Waals surface area contributed by atoms with Crippen LogP contribution in [0.5, 0.6) is 0 Å². The molecule has 0 fully saturated rings. The SMILES string of the molecule is CCC(C)NC(=O)c1cc(Br)cc(S(=O)(=O)Cl)c1F. The molecule has 1 aromatic carbocycles. The molecule has 1 N–H and O–H groups in total. The molecular weight excluding hydrogens is 361 g/mol. The van der Waals surface area contributed by atoms with Crippen LogP contribution in [0.3, 0.4) is 0 Å². The molecule has 1 atom stereocenters. The first-order valence-electron chi connectivity index (χ1n) is 5.41.